The van der Waals surface area contributed by atoms with Crippen LogP contribution in [0.4, 0.5) is 5.82 Å². The van der Waals surface area contributed by atoms with Crippen molar-refractivity contribution < 1.29 is 4.74 Å². The minimum absolute atomic E-state index is 0.492. The van der Waals surface area contributed by atoms with Gasteiger partial charge in [0, 0.05) is 20.1 Å². The molecule has 1 aliphatic carbocycles. The molecule has 0 aromatic carbocycles. The van der Waals surface area contributed by atoms with Crippen LogP contribution in [0.3, 0.4) is 0 Å². The van der Waals surface area contributed by atoms with Gasteiger partial charge < -0.3 is 10.1 Å². The van der Waals surface area contributed by atoms with E-state index >= 15 is 0 Å². The highest BCUT2D eigenvalue weighted by Gasteiger charge is 2.20. The summed E-state index contributed by atoms with van der Waals surface area (Å²) in [6, 6.07) is 0. The molecular weight excluding hydrogens is 318 g/mol. The third kappa shape index (κ3) is 3.92. The molecule has 1 aliphatic rings. The Kier molecular flexibility index (Phi) is 6.23. The van der Waals surface area contributed by atoms with Gasteiger partial charge in [-0.2, -0.15) is 0 Å². The normalized spacial score (nSPS) is 17.6. The van der Waals surface area contributed by atoms with Gasteiger partial charge in [-0.05, 0) is 28.8 Å². The molecule has 0 radical (unpaired) electrons. The van der Waals surface area contributed by atoms with Crippen LogP contribution in [0.15, 0.2) is 4.47 Å². The third-order valence-electron chi connectivity index (χ3n) is 3.93. The molecular formula is C15H24BrN3O. The van der Waals surface area contributed by atoms with Gasteiger partial charge in [-0.25, -0.2) is 9.97 Å². The van der Waals surface area contributed by atoms with E-state index in [2.05, 4.69) is 21.2 Å². The van der Waals surface area contributed by atoms with Crippen molar-refractivity contribution >= 4 is 21.7 Å². The number of ether oxygens (including phenoxy) is 1. The predicted molar refractivity (Wildman–Crippen MR) is 85.1 cm³/mol. The predicted octanol–water partition coefficient (Wildman–Crippen LogP) is 4.26. The van der Waals surface area contributed by atoms with E-state index in [-0.39, 0.29) is 0 Å². The van der Waals surface area contributed by atoms with Gasteiger partial charge in [-0.15, -0.1) is 0 Å². The van der Waals surface area contributed by atoms with E-state index in [0.717, 1.165) is 21.8 Å². The van der Waals surface area contributed by atoms with Crippen molar-refractivity contribution in [3.63, 3.8) is 0 Å². The summed E-state index contributed by atoms with van der Waals surface area (Å²) in [5, 5.41) is 3.15. The lowest BCUT2D eigenvalue weighted by Gasteiger charge is -2.20. The van der Waals surface area contributed by atoms with Crippen molar-refractivity contribution in [1.82, 2.24) is 9.97 Å². The second-order valence-corrected chi connectivity index (χ2v) is 6.21. The Hall–Kier alpha value is -0.680. The highest BCUT2D eigenvalue weighted by molar-refractivity contribution is 9.10. The first-order valence-electron chi connectivity index (χ1n) is 7.49. The monoisotopic (exact) mass is 341 g/mol. The van der Waals surface area contributed by atoms with Crippen LogP contribution < -0.4 is 5.32 Å². The highest BCUT2D eigenvalue weighted by Crippen LogP contribution is 2.32. The van der Waals surface area contributed by atoms with Crippen molar-refractivity contribution in [2.24, 2.45) is 0 Å². The molecule has 20 heavy (non-hydrogen) atoms. The molecule has 5 heteroatoms. The van der Waals surface area contributed by atoms with E-state index in [0.29, 0.717) is 12.5 Å². The van der Waals surface area contributed by atoms with Crippen LogP contribution in [0.1, 0.15) is 62.4 Å². The van der Waals surface area contributed by atoms with Crippen LogP contribution in [0.25, 0.3) is 0 Å². The molecule has 1 aromatic heterocycles. The Labute approximate surface area is 129 Å². The van der Waals surface area contributed by atoms with Gasteiger partial charge in [0.15, 0.2) is 0 Å². The number of hydrogen-bond acceptors (Lipinski definition) is 4. The third-order valence-corrected chi connectivity index (χ3v) is 4.76. The maximum absolute atomic E-state index is 5.25. The Morgan fingerprint density at radius 3 is 2.40 bits per heavy atom. The molecule has 0 bridgehead atoms. The van der Waals surface area contributed by atoms with Gasteiger partial charge in [0.2, 0.25) is 0 Å². The fourth-order valence-corrected chi connectivity index (χ4v) is 3.30. The first-order valence-corrected chi connectivity index (χ1v) is 8.28. The van der Waals surface area contributed by atoms with Crippen molar-refractivity contribution in [2.75, 3.05) is 19.5 Å². The second-order valence-electron chi connectivity index (χ2n) is 5.42. The number of nitrogens with zero attached hydrogens (tertiary/aromatic N) is 2. The van der Waals surface area contributed by atoms with Crippen molar-refractivity contribution in [1.29, 1.82) is 0 Å². The first-order chi connectivity index (χ1) is 9.76. The van der Waals surface area contributed by atoms with Crippen LogP contribution in [0.2, 0.25) is 0 Å². The van der Waals surface area contributed by atoms with Crippen LogP contribution in [-0.2, 0) is 11.3 Å². The van der Waals surface area contributed by atoms with Crippen LogP contribution >= 0.6 is 15.9 Å². The standard InChI is InChI=1S/C15H24BrN3O/c1-17-15-13(16)12(10-20-2)18-14(19-15)11-8-6-4-3-5-7-9-11/h11H,3-10H2,1-2H3,(H,17,18,19). The molecule has 112 valence electrons. The highest BCUT2D eigenvalue weighted by atomic mass is 79.9. The lowest BCUT2D eigenvalue weighted by atomic mass is 9.90. The number of methoxy groups -OCH3 is 1. The van der Waals surface area contributed by atoms with E-state index < -0.39 is 0 Å². The summed E-state index contributed by atoms with van der Waals surface area (Å²) in [5.41, 5.74) is 0.934. The molecule has 1 N–H and O–H groups in total. The van der Waals surface area contributed by atoms with Crippen molar-refractivity contribution in [3.8, 4) is 0 Å². The topological polar surface area (TPSA) is 47.0 Å². The summed E-state index contributed by atoms with van der Waals surface area (Å²) in [5.74, 6) is 2.33. The quantitative estimate of drug-likeness (QED) is 0.888. The van der Waals surface area contributed by atoms with Gasteiger partial charge in [-0.1, -0.05) is 32.1 Å². The van der Waals surface area contributed by atoms with Crippen molar-refractivity contribution in [3.05, 3.63) is 16.0 Å². The van der Waals surface area contributed by atoms with Gasteiger partial charge in [0.25, 0.3) is 0 Å². The number of hydrogen-bond donors (Lipinski definition) is 1. The molecule has 0 saturated heterocycles. The fraction of sp³-hybridized carbons (Fsp3) is 0.733. The summed E-state index contributed by atoms with van der Waals surface area (Å²) < 4.78 is 6.16. The van der Waals surface area contributed by atoms with E-state index in [4.69, 9.17) is 14.7 Å². The lowest BCUT2D eigenvalue weighted by molar-refractivity contribution is 0.180. The Balaban J connectivity index is 2.26. The van der Waals surface area contributed by atoms with Crippen molar-refractivity contribution in [2.45, 2.75) is 57.5 Å². The smallest absolute Gasteiger partial charge is 0.144 e. The van der Waals surface area contributed by atoms with E-state index in [1.54, 1.807) is 7.11 Å². The Bertz CT molecular complexity index is 431. The molecule has 0 spiro atoms. The molecule has 4 nitrogen and oxygen atoms in total. The molecule has 0 unspecified atom stereocenters. The maximum atomic E-state index is 5.25. The molecule has 2 rings (SSSR count). The molecule has 1 aromatic rings. The van der Waals surface area contributed by atoms with Crippen LogP contribution in [0.5, 0.6) is 0 Å². The number of rotatable bonds is 4. The van der Waals surface area contributed by atoms with E-state index in [1.165, 1.54) is 44.9 Å². The first kappa shape index (κ1) is 15.7. The minimum atomic E-state index is 0.492. The average Bonchev–Trinajstić information content (AvgIpc) is 2.41. The van der Waals surface area contributed by atoms with Crippen LogP contribution in [-0.4, -0.2) is 24.1 Å². The lowest BCUT2D eigenvalue weighted by Crippen LogP contribution is -2.12. The van der Waals surface area contributed by atoms with Gasteiger partial charge in [0.05, 0.1) is 16.8 Å². The second kappa shape index (κ2) is 7.93. The van der Waals surface area contributed by atoms with E-state index in [9.17, 15) is 0 Å². The van der Waals surface area contributed by atoms with Gasteiger partial charge in [-0.3, -0.25) is 0 Å². The molecule has 0 aliphatic heterocycles. The van der Waals surface area contributed by atoms with Gasteiger partial charge >= 0.3 is 0 Å². The minimum Gasteiger partial charge on any atom is -0.378 e. The summed E-state index contributed by atoms with van der Waals surface area (Å²) in [6.07, 6.45) is 9.06. The Morgan fingerprint density at radius 1 is 1.15 bits per heavy atom. The number of halogens is 1. The molecule has 1 heterocycles. The van der Waals surface area contributed by atoms with Gasteiger partial charge in [0.1, 0.15) is 11.6 Å². The number of aromatic nitrogens is 2. The molecule has 0 atom stereocenters. The zero-order valence-electron chi connectivity index (χ0n) is 12.4. The van der Waals surface area contributed by atoms with E-state index in [1.807, 2.05) is 7.05 Å². The number of nitrogens with one attached hydrogen (secondary N) is 1. The average molecular weight is 342 g/mol. The zero-order chi connectivity index (χ0) is 14.4. The molecule has 1 saturated carbocycles. The van der Waals surface area contributed by atoms with Crippen LogP contribution in [0, 0.1) is 0 Å². The summed E-state index contributed by atoms with van der Waals surface area (Å²) in [7, 11) is 3.59. The maximum Gasteiger partial charge on any atom is 0.144 e. The largest absolute Gasteiger partial charge is 0.378 e. The summed E-state index contributed by atoms with van der Waals surface area (Å²) in [6.45, 7) is 0.511. The summed E-state index contributed by atoms with van der Waals surface area (Å²) in [4.78, 5) is 9.45. The zero-order valence-corrected chi connectivity index (χ0v) is 14.0. The molecule has 1 fully saturated rings. The fourth-order valence-electron chi connectivity index (χ4n) is 2.81. The number of anilines is 1. The SMILES string of the molecule is CNc1nc(C2CCCCCCC2)nc(COC)c1Br. The Morgan fingerprint density at radius 2 is 1.80 bits per heavy atom. The molecule has 0 amide bonds. The summed E-state index contributed by atoms with van der Waals surface area (Å²) >= 11 is 3.56.